The number of ether oxygens (including phenoxy) is 3. The van der Waals surface area contributed by atoms with Gasteiger partial charge < -0.3 is 54.5 Å². The van der Waals surface area contributed by atoms with Crippen molar-refractivity contribution >= 4 is 70.1 Å². The normalized spacial score (nSPS) is 21.0. The number of benzene rings is 6. The van der Waals surface area contributed by atoms with Crippen LogP contribution in [-0.4, -0.2) is 126 Å². The van der Waals surface area contributed by atoms with Crippen molar-refractivity contribution in [1.82, 2.24) is 10.1 Å². The summed E-state index contributed by atoms with van der Waals surface area (Å²) in [6.07, 6.45) is 8.35. The van der Waals surface area contributed by atoms with E-state index in [2.05, 4.69) is 52.6 Å². The van der Waals surface area contributed by atoms with Crippen molar-refractivity contribution < 1.29 is 70.3 Å². The molecule has 106 heavy (non-hydrogen) atoms. The predicted octanol–water partition coefficient (Wildman–Crippen LogP) is 14.2. The van der Waals surface area contributed by atoms with Gasteiger partial charge in [-0.2, -0.15) is 5.26 Å². The maximum Gasteiger partial charge on any atom is 0.495 e. The van der Waals surface area contributed by atoms with Gasteiger partial charge in [-0.05, 0) is 138 Å². The molecule has 0 saturated carbocycles. The molecule has 0 aromatic heterocycles. The molecular formula is C78H89B2BrF4N10O11. The number of nitrogens with two attached hydrogens (primary N) is 2. The second kappa shape index (κ2) is 37.4. The average Bonchev–Trinajstić information content (AvgIpc) is 1.52. The minimum Gasteiger partial charge on any atom is -0.489 e. The molecule has 7 aliphatic heterocycles. The van der Waals surface area contributed by atoms with Crippen LogP contribution in [0.4, 0.5) is 34.6 Å². The average molecular weight is 1520 g/mol. The molecule has 0 aliphatic carbocycles. The number of nitriles is 1. The molecule has 6 aromatic rings. The number of fused-ring (bicyclic) bond motifs is 4. The number of nitrogens with zero attached hydrogens (tertiary/aromatic N) is 8. The van der Waals surface area contributed by atoms with Gasteiger partial charge >= 0.3 is 14.2 Å². The molecule has 7 aliphatic rings. The van der Waals surface area contributed by atoms with Crippen LogP contribution in [0.2, 0.25) is 0 Å². The fourth-order valence-electron chi connectivity index (χ4n) is 12.2. The zero-order chi connectivity index (χ0) is 77.1. The first-order valence-corrected chi connectivity index (χ1v) is 35.3. The Hall–Kier alpha value is -9.13. The van der Waals surface area contributed by atoms with E-state index in [1.807, 2.05) is 79.7 Å². The minimum atomic E-state index is -1.13. The van der Waals surface area contributed by atoms with Crippen LogP contribution in [0, 0.1) is 77.0 Å². The monoisotopic (exact) mass is 1520 g/mol. The summed E-state index contributed by atoms with van der Waals surface area (Å²) < 4.78 is 94.5. The Bertz CT molecular complexity index is 4230. The van der Waals surface area contributed by atoms with Crippen LogP contribution in [0.15, 0.2) is 153 Å². The van der Waals surface area contributed by atoms with E-state index in [0.717, 1.165) is 34.6 Å². The Morgan fingerprint density at radius 3 is 1.41 bits per heavy atom. The Balaban J connectivity index is 0.000000172. The molecule has 558 valence electrons. The summed E-state index contributed by atoms with van der Waals surface area (Å²) in [5, 5.41) is 30.3. The fourth-order valence-corrected chi connectivity index (χ4v) is 12.6. The van der Waals surface area contributed by atoms with E-state index in [1.54, 1.807) is 32.3 Å². The van der Waals surface area contributed by atoms with Crippen molar-refractivity contribution in [3.05, 3.63) is 217 Å². The molecule has 0 radical (unpaired) electrons. The van der Waals surface area contributed by atoms with Crippen molar-refractivity contribution in [3.8, 4) is 28.7 Å². The molecule has 3 fully saturated rings. The molecule has 6 unspecified atom stereocenters. The number of allylic oxidation sites excluding steroid dienone is 2. The molecule has 28 heteroatoms. The number of hydrogen-bond donors (Lipinski definition) is 4. The van der Waals surface area contributed by atoms with Crippen LogP contribution < -0.4 is 31.9 Å². The van der Waals surface area contributed by atoms with Gasteiger partial charge in [0.25, 0.3) is 0 Å². The third-order valence-corrected chi connectivity index (χ3v) is 18.0. The van der Waals surface area contributed by atoms with E-state index in [9.17, 15) is 27.8 Å². The van der Waals surface area contributed by atoms with Crippen molar-refractivity contribution in [2.75, 3.05) is 67.0 Å². The minimum absolute atomic E-state index is 0.0237. The molecule has 0 amide bonds. The number of halogens is 5. The first kappa shape index (κ1) is 82.5. The maximum absolute atomic E-state index is 14.6. The smallest absolute Gasteiger partial charge is 0.489 e. The zero-order valence-corrected chi connectivity index (χ0v) is 62.8. The number of aliphatic imine (C=N–C) groups is 2. The van der Waals surface area contributed by atoms with E-state index in [4.69, 9.17) is 78.9 Å². The van der Waals surface area contributed by atoms with Gasteiger partial charge in [0.2, 0.25) is 23.4 Å². The highest BCUT2D eigenvalue weighted by Gasteiger charge is 2.52. The Kier molecular flexibility index (Phi) is 29.1. The molecule has 6 atom stereocenters. The summed E-state index contributed by atoms with van der Waals surface area (Å²) >= 11 is 3.51. The standard InChI is InChI=1S/C25H27FN4O3.C18H24BrN3O3.2C12H13BFNO2.C7H4FN.C4H8O/c1-15(2)11-17(9-10-31)23-14-25(29-24(27)30(4)33-25)20-12-16(5-8-22(20)32-23)19-13-18(28-3)6-7-21(19)26;1-11(2)8-12(6-7-23)16-10-18(21-17(20)22(3)25-18)14-9-13(19)4-5-15(14)24-16;2*1-12(2)7-16-13(17-8-12)10-6-9(15-3)4-5-11(10)14;8-7-3-1-6(5-9)2-4-7;1-2-4-5-3-1/h5-8,11-13,17,23,31H,9-10,14H2,1-2,4H3,(H2,27,29);4-5,8-9,12,16,23H,6-7,10H2,1-3H3,(H2,20,21);2*4-6H,7-8H2,1-2H3;1-4H;1-4H2. The summed E-state index contributed by atoms with van der Waals surface area (Å²) in [5.41, 5.74) is 16.8. The van der Waals surface area contributed by atoms with E-state index in [0.29, 0.717) is 114 Å². The lowest BCUT2D eigenvalue weighted by Gasteiger charge is -2.39. The van der Waals surface area contributed by atoms with Gasteiger partial charge in [-0.15, -0.1) is 0 Å². The fraction of sp³-hybridized carbons (Fsp3) is 0.410. The number of rotatable bonds is 11. The molecule has 21 nitrogen and oxygen atoms in total. The van der Waals surface area contributed by atoms with Crippen LogP contribution >= 0.6 is 15.9 Å². The van der Waals surface area contributed by atoms with Gasteiger partial charge in [0.15, 0.2) is 17.1 Å². The molecule has 3 saturated heterocycles. The van der Waals surface area contributed by atoms with Gasteiger partial charge in [0, 0.05) is 123 Å². The first-order chi connectivity index (χ1) is 50.5. The van der Waals surface area contributed by atoms with Gasteiger partial charge in [-0.25, -0.2) is 61.9 Å². The van der Waals surface area contributed by atoms with Crippen molar-refractivity contribution in [2.45, 2.75) is 118 Å². The quantitative estimate of drug-likeness (QED) is 0.0408. The van der Waals surface area contributed by atoms with Crippen LogP contribution in [-0.2, 0) is 44.5 Å². The largest absolute Gasteiger partial charge is 0.495 e. The van der Waals surface area contributed by atoms with Crippen LogP contribution in [0.5, 0.6) is 11.5 Å². The Morgan fingerprint density at radius 1 is 0.613 bits per heavy atom. The van der Waals surface area contributed by atoms with Gasteiger partial charge in [0.05, 0.1) is 42.5 Å². The molecule has 6 aromatic carbocycles. The molecule has 6 N–H and O–H groups in total. The second-order valence-corrected chi connectivity index (χ2v) is 29.1. The number of guanidine groups is 2. The van der Waals surface area contributed by atoms with E-state index in [1.165, 1.54) is 107 Å². The summed E-state index contributed by atoms with van der Waals surface area (Å²) in [6.45, 7) is 41.4. The van der Waals surface area contributed by atoms with E-state index in [-0.39, 0.29) is 59.9 Å². The highest BCUT2D eigenvalue weighted by Crippen LogP contribution is 2.51. The molecular weight excluding hydrogens is 1430 g/mol. The lowest BCUT2D eigenvalue weighted by Crippen LogP contribution is -2.48. The van der Waals surface area contributed by atoms with Crippen LogP contribution in [0.25, 0.3) is 25.7 Å². The zero-order valence-electron chi connectivity index (χ0n) is 61.2. The molecule has 13 rings (SSSR count). The SMILES string of the molecule is C1CCOC1.CC(C)=CC(CCO)C1CC2(N=C(N)N(C)O2)c2cc(Br)ccc2O1.N#Cc1ccc(F)cc1.[C-]#[N+]c1ccc(F)c(-c2ccc3c(c2)C2(CC(C(C=C(C)C)CCO)O3)N=C(N)N(C)O2)c1.[C-]#[N+]c1ccc(F)c(B2OCC(C)(C)CO2)c1.[C-]#[N+]c1ccc(F)c(B2OCC(C)(C)CO2)c1. The van der Waals surface area contributed by atoms with Crippen molar-refractivity contribution in [2.24, 2.45) is 44.1 Å². The maximum atomic E-state index is 14.6. The first-order valence-electron chi connectivity index (χ1n) is 34.5. The summed E-state index contributed by atoms with van der Waals surface area (Å²) in [7, 11) is 2.02. The number of hydrogen-bond acceptors (Lipinski definition) is 18. The second-order valence-electron chi connectivity index (χ2n) is 28.2. The number of aliphatic hydroxyl groups excluding tert-OH is 2. The third kappa shape index (κ3) is 22.0. The topological polar surface area (TPSA) is 244 Å². The highest BCUT2D eigenvalue weighted by atomic mass is 79.9. The predicted molar refractivity (Wildman–Crippen MR) is 402 cm³/mol. The van der Waals surface area contributed by atoms with Crippen molar-refractivity contribution in [3.63, 3.8) is 0 Å². The highest BCUT2D eigenvalue weighted by molar-refractivity contribution is 9.10. The molecule has 2 spiro atoms. The molecule has 0 bridgehead atoms. The third-order valence-electron chi connectivity index (χ3n) is 17.5. The summed E-state index contributed by atoms with van der Waals surface area (Å²) in [4.78, 5) is 31.5. The van der Waals surface area contributed by atoms with Crippen molar-refractivity contribution in [1.29, 1.82) is 5.26 Å². The van der Waals surface area contributed by atoms with Crippen LogP contribution in [0.1, 0.15) is 111 Å². The van der Waals surface area contributed by atoms with E-state index < -0.39 is 43.1 Å². The Morgan fingerprint density at radius 2 is 1.03 bits per heavy atom. The lowest BCUT2D eigenvalue weighted by molar-refractivity contribution is -0.193. The summed E-state index contributed by atoms with van der Waals surface area (Å²) in [6, 6.07) is 31.1. The number of hydroxylamine groups is 4. The van der Waals surface area contributed by atoms with Gasteiger partial charge in [0.1, 0.15) is 47.0 Å². The number of aliphatic hydroxyl groups is 2. The molecule has 7 heterocycles. The van der Waals surface area contributed by atoms with Crippen LogP contribution in [0.3, 0.4) is 0 Å². The van der Waals surface area contributed by atoms with E-state index >= 15 is 0 Å². The van der Waals surface area contributed by atoms with Gasteiger partial charge in [-0.3, -0.25) is 0 Å². The van der Waals surface area contributed by atoms with Gasteiger partial charge in [-0.1, -0.05) is 103 Å². The summed E-state index contributed by atoms with van der Waals surface area (Å²) in [5.74, 6) is 0.341. The lowest BCUT2D eigenvalue weighted by atomic mass is 9.75. The Labute approximate surface area is 627 Å².